The molecule has 0 spiro atoms. The van der Waals surface area contributed by atoms with Crippen LogP contribution in [-0.4, -0.2) is 36.5 Å². The van der Waals surface area contributed by atoms with Crippen LogP contribution in [0.3, 0.4) is 0 Å². The van der Waals surface area contributed by atoms with Gasteiger partial charge in [-0.3, -0.25) is 14.9 Å². The van der Waals surface area contributed by atoms with Crippen molar-refractivity contribution in [3.8, 4) is 0 Å². The van der Waals surface area contributed by atoms with Gasteiger partial charge in [-0.15, -0.1) is 0 Å². The molecule has 7 nitrogen and oxygen atoms in total. The van der Waals surface area contributed by atoms with Crippen molar-refractivity contribution in [1.82, 2.24) is 5.32 Å². The summed E-state index contributed by atoms with van der Waals surface area (Å²) in [6.07, 6.45) is 0. The molecular formula is C14H20N4O3. The van der Waals surface area contributed by atoms with Crippen LogP contribution in [0.1, 0.15) is 24.2 Å². The lowest BCUT2D eigenvalue weighted by Crippen LogP contribution is -2.28. The van der Waals surface area contributed by atoms with Crippen LogP contribution in [0.15, 0.2) is 18.2 Å². The normalized spacial score (nSPS) is 21.4. The lowest BCUT2D eigenvalue weighted by Gasteiger charge is -2.18. The number of hydrogen-bond acceptors (Lipinski definition) is 5. The third-order valence-electron chi connectivity index (χ3n) is 3.78. The Hall–Kier alpha value is -2.15. The maximum Gasteiger partial charge on any atom is 0.293 e. The molecule has 1 saturated heterocycles. The number of hydrogen-bond donors (Lipinski definition) is 2. The summed E-state index contributed by atoms with van der Waals surface area (Å²) in [6.45, 7) is 5.57. The minimum Gasteiger partial charge on any atom is -0.364 e. The zero-order valence-corrected chi connectivity index (χ0v) is 12.2. The smallest absolute Gasteiger partial charge is 0.293 e. The standard InChI is InChI=1S/C14H20N4O3/c1-3-16-14(19)10-4-5-12(13(6-10)18(20)21)17-7-9(2)11(15)8-17/h4-6,9,11H,3,7-8,15H2,1-2H3,(H,16,19). The number of nitrogens with one attached hydrogen (secondary N) is 1. The van der Waals surface area contributed by atoms with Crippen molar-refractivity contribution in [1.29, 1.82) is 0 Å². The molecule has 0 bridgehead atoms. The molecule has 7 heteroatoms. The van der Waals surface area contributed by atoms with Crippen LogP contribution < -0.4 is 16.0 Å². The second-order valence-electron chi connectivity index (χ2n) is 5.37. The Morgan fingerprint density at radius 2 is 2.24 bits per heavy atom. The fourth-order valence-corrected chi connectivity index (χ4v) is 2.53. The van der Waals surface area contributed by atoms with Crippen molar-refractivity contribution in [2.75, 3.05) is 24.5 Å². The number of nitrogens with zero attached hydrogens (tertiary/aromatic N) is 2. The van der Waals surface area contributed by atoms with Gasteiger partial charge >= 0.3 is 0 Å². The zero-order chi connectivity index (χ0) is 15.6. The average Bonchev–Trinajstić information content (AvgIpc) is 2.78. The molecule has 0 saturated carbocycles. The Labute approximate surface area is 123 Å². The molecule has 2 atom stereocenters. The van der Waals surface area contributed by atoms with Gasteiger partial charge < -0.3 is 16.0 Å². The summed E-state index contributed by atoms with van der Waals surface area (Å²) < 4.78 is 0. The molecule has 2 rings (SSSR count). The van der Waals surface area contributed by atoms with E-state index in [1.165, 1.54) is 6.07 Å². The van der Waals surface area contributed by atoms with E-state index in [4.69, 9.17) is 5.73 Å². The fourth-order valence-electron chi connectivity index (χ4n) is 2.53. The van der Waals surface area contributed by atoms with Crippen molar-refractivity contribution in [2.45, 2.75) is 19.9 Å². The predicted molar refractivity (Wildman–Crippen MR) is 80.5 cm³/mol. The molecule has 1 heterocycles. The SMILES string of the molecule is CCNC(=O)c1ccc(N2CC(C)C(N)C2)c([N+](=O)[O-])c1. The molecular weight excluding hydrogens is 272 g/mol. The molecule has 1 aromatic rings. The van der Waals surface area contributed by atoms with Crippen molar-refractivity contribution in [3.05, 3.63) is 33.9 Å². The first-order valence-electron chi connectivity index (χ1n) is 7.01. The van der Waals surface area contributed by atoms with E-state index in [2.05, 4.69) is 5.32 Å². The van der Waals surface area contributed by atoms with Gasteiger partial charge in [0, 0.05) is 37.3 Å². The van der Waals surface area contributed by atoms with E-state index in [0.29, 0.717) is 30.9 Å². The topological polar surface area (TPSA) is 102 Å². The summed E-state index contributed by atoms with van der Waals surface area (Å²) in [4.78, 5) is 24.5. The maximum absolute atomic E-state index is 11.8. The molecule has 0 aromatic heterocycles. The van der Waals surface area contributed by atoms with Crippen LogP contribution in [0.5, 0.6) is 0 Å². The van der Waals surface area contributed by atoms with Crippen LogP contribution in [0, 0.1) is 16.0 Å². The third kappa shape index (κ3) is 3.13. The van der Waals surface area contributed by atoms with Crippen LogP contribution in [0.4, 0.5) is 11.4 Å². The predicted octanol–water partition coefficient (Wildman–Crippen LogP) is 1.13. The summed E-state index contributed by atoms with van der Waals surface area (Å²) in [6, 6.07) is 4.58. The molecule has 3 N–H and O–H groups in total. The number of nitrogens with two attached hydrogens (primary N) is 1. The highest BCUT2D eigenvalue weighted by Crippen LogP contribution is 2.32. The molecule has 1 fully saturated rings. The van der Waals surface area contributed by atoms with Crippen LogP contribution in [-0.2, 0) is 0 Å². The summed E-state index contributed by atoms with van der Waals surface area (Å²) in [7, 11) is 0. The lowest BCUT2D eigenvalue weighted by molar-refractivity contribution is -0.384. The zero-order valence-electron chi connectivity index (χ0n) is 12.2. The summed E-state index contributed by atoms with van der Waals surface area (Å²) in [5.41, 5.74) is 6.74. The number of nitro groups is 1. The summed E-state index contributed by atoms with van der Waals surface area (Å²) >= 11 is 0. The van der Waals surface area contributed by atoms with E-state index in [-0.39, 0.29) is 23.6 Å². The Bertz CT molecular complexity index is 551. The van der Waals surface area contributed by atoms with Gasteiger partial charge in [0.05, 0.1) is 4.92 Å². The molecule has 2 unspecified atom stereocenters. The van der Waals surface area contributed by atoms with Gasteiger partial charge in [0.2, 0.25) is 0 Å². The van der Waals surface area contributed by atoms with E-state index >= 15 is 0 Å². The molecule has 1 aliphatic rings. The van der Waals surface area contributed by atoms with E-state index in [0.717, 1.165) is 0 Å². The minimum absolute atomic E-state index is 0.00710. The summed E-state index contributed by atoms with van der Waals surface area (Å²) in [5.74, 6) is -0.0219. The fraction of sp³-hybridized carbons (Fsp3) is 0.500. The van der Waals surface area contributed by atoms with Crippen LogP contribution in [0.2, 0.25) is 0 Å². The first-order chi connectivity index (χ1) is 9.93. The van der Waals surface area contributed by atoms with Crippen molar-refractivity contribution in [3.63, 3.8) is 0 Å². The van der Waals surface area contributed by atoms with Crippen molar-refractivity contribution >= 4 is 17.3 Å². The van der Waals surface area contributed by atoms with Gasteiger partial charge in [-0.2, -0.15) is 0 Å². The van der Waals surface area contributed by atoms with Crippen molar-refractivity contribution < 1.29 is 9.72 Å². The van der Waals surface area contributed by atoms with E-state index in [1.807, 2.05) is 11.8 Å². The Balaban J connectivity index is 2.34. The van der Waals surface area contributed by atoms with Gasteiger partial charge in [0.15, 0.2) is 0 Å². The Morgan fingerprint density at radius 3 is 2.76 bits per heavy atom. The second-order valence-corrected chi connectivity index (χ2v) is 5.37. The van der Waals surface area contributed by atoms with Gasteiger partial charge in [-0.1, -0.05) is 6.92 Å². The number of amides is 1. The van der Waals surface area contributed by atoms with Gasteiger partial charge in [0.25, 0.3) is 11.6 Å². The first kappa shape index (κ1) is 15.2. The first-order valence-corrected chi connectivity index (χ1v) is 7.01. The number of carbonyl (C=O) groups is 1. The second kappa shape index (κ2) is 6.09. The monoisotopic (exact) mass is 292 g/mol. The number of carbonyl (C=O) groups excluding carboxylic acids is 1. The number of rotatable bonds is 4. The minimum atomic E-state index is -0.452. The Morgan fingerprint density at radius 1 is 1.52 bits per heavy atom. The van der Waals surface area contributed by atoms with Crippen LogP contribution >= 0.6 is 0 Å². The average molecular weight is 292 g/mol. The highest BCUT2D eigenvalue weighted by Gasteiger charge is 2.31. The molecule has 1 aliphatic heterocycles. The Kier molecular flexibility index (Phi) is 4.42. The third-order valence-corrected chi connectivity index (χ3v) is 3.78. The largest absolute Gasteiger partial charge is 0.364 e. The summed E-state index contributed by atoms with van der Waals surface area (Å²) in [5, 5.41) is 13.9. The van der Waals surface area contributed by atoms with Crippen molar-refractivity contribution in [2.24, 2.45) is 11.7 Å². The quantitative estimate of drug-likeness (QED) is 0.640. The molecule has 114 valence electrons. The van der Waals surface area contributed by atoms with Gasteiger partial charge in [-0.25, -0.2) is 0 Å². The van der Waals surface area contributed by atoms with Crippen LogP contribution in [0.25, 0.3) is 0 Å². The molecule has 1 amide bonds. The van der Waals surface area contributed by atoms with E-state index in [1.54, 1.807) is 19.1 Å². The highest BCUT2D eigenvalue weighted by molar-refractivity contribution is 5.95. The van der Waals surface area contributed by atoms with Gasteiger partial charge in [-0.05, 0) is 25.0 Å². The van der Waals surface area contributed by atoms with E-state index in [9.17, 15) is 14.9 Å². The molecule has 21 heavy (non-hydrogen) atoms. The molecule has 0 aliphatic carbocycles. The number of benzene rings is 1. The highest BCUT2D eigenvalue weighted by atomic mass is 16.6. The van der Waals surface area contributed by atoms with Gasteiger partial charge in [0.1, 0.15) is 5.69 Å². The number of nitro benzene ring substituents is 1. The molecule has 1 aromatic carbocycles. The maximum atomic E-state index is 11.8. The lowest BCUT2D eigenvalue weighted by atomic mass is 10.1. The number of anilines is 1. The van der Waals surface area contributed by atoms with E-state index < -0.39 is 4.92 Å². The molecule has 0 radical (unpaired) electrons.